The van der Waals surface area contributed by atoms with Crippen molar-refractivity contribution in [2.45, 2.75) is 56.4 Å². The maximum atomic E-state index is 13.3. The molecule has 3 unspecified atom stereocenters. The molecule has 0 spiro atoms. The van der Waals surface area contributed by atoms with Crippen LogP contribution in [0.3, 0.4) is 0 Å². The third-order valence-electron chi connectivity index (χ3n) is 8.48. The topological polar surface area (TPSA) is 71.0 Å². The van der Waals surface area contributed by atoms with Gasteiger partial charge in [0.1, 0.15) is 17.6 Å². The monoisotopic (exact) mass is 462 g/mol. The summed E-state index contributed by atoms with van der Waals surface area (Å²) in [5, 5.41) is 14.3. The Hall–Kier alpha value is -2.57. The van der Waals surface area contributed by atoms with Crippen molar-refractivity contribution in [1.29, 1.82) is 0 Å². The Kier molecular flexibility index (Phi) is 5.53. The van der Waals surface area contributed by atoms with Crippen LogP contribution < -0.4 is 14.8 Å². The van der Waals surface area contributed by atoms with Crippen LogP contribution in [-0.2, 0) is 11.3 Å². The number of aliphatic hydroxyl groups is 1. The molecule has 0 radical (unpaired) electrons. The second-order valence-electron chi connectivity index (χ2n) is 10.9. The molecule has 7 rings (SSSR count). The van der Waals surface area contributed by atoms with Gasteiger partial charge in [-0.1, -0.05) is 36.4 Å². The van der Waals surface area contributed by atoms with E-state index < -0.39 is 5.60 Å². The average molecular weight is 463 g/mol. The van der Waals surface area contributed by atoms with Gasteiger partial charge in [-0.25, -0.2) is 0 Å². The second kappa shape index (κ2) is 8.58. The van der Waals surface area contributed by atoms with Gasteiger partial charge in [-0.15, -0.1) is 0 Å². The van der Waals surface area contributed by atoms with Crippen molar-refractivity contribution in [3.05, 3.63) is 59.7 Å². The molecule has 1 aliphatic heterocycles. The van der Waals surface area contributed by atoms with Crippen LogP contribution in [0, 0.1) is 17.8 Å². The Balaban J connectivity index is 1.19. The highest BCUT2D eigenvalue weighted by molar-refractivity contribution is 5.78. The summed E-state index contributed by atoms with van der Waals surface area (Å²) in [4.78, 5) is 15.5. The van der Waals surface area contributed by atoms with Crippen molar-refractivity contribution < 1.29 is 19.4 Å². The standard InChI is InChI=1S/C28H34N2O4/c1-33-24-9-5-3-7-22(24)25-16-30(15-19-6-2-4-8-23(19)34-25)17-26(31)29-27-20-10-18-11-21(27)14-28(32,12-18)13-20/h2-9,18,20-21,25,27,32H,10-17H2,1H3,(H,29,31). The van der Waals surface area contributed by atoms with E-state index in [1.165, 1.54) is 0 Å². The van der Waals surface area contributed by atoms with E-state index in [1.54, 1.807) is 7.11 Å². The van der Waals surface area contributed by atoms with Gasteiger partial charge >= 0.3 is 0 Å². The molecule has 0 saturated heterocycles. The first kappa shape index (κ1) is 21.9. The highest BCUT2D eigenvalue weighted by Crippen LogP contribution is 2.55. The van der Waals surface area contributed by atoms with Crippen LogP contribution >= 0.6 is 0 Å². The zero-order valence-corrected chi connectivity index (χ0v) is 19.8. The number of methoxy groups -OCH3 is 1. The Morgan fingerprint density at radius 3 is 2.62 bits per heavy atom. The first-order valence-electron chi connectivity index (χ1n) is 12.6. The number of para-hydroxylation sites is 2. The minimum Gasteiger partial charge on any atom is -0.496 e. The van der Waals surface area contributed by atoms with Crippen LogP contribution in [-0.4, -0.2) is 47.8 Å². The minimum absolute atomic E-state index is 0.0719. The molecule has 2 aromatic carbocycles. The molecule has 6 heteroatoms. The number of nitrogens with one attached hydrogen (secondary N) is 1. The lowest BCUT2D eigenvalue weighted by Gasteiger charge is -2.58. The normalized spacial score (nSPS) is 34.1. The number of carbonyl (C=O) groups is 1. The molecular weight excluding hydrogens is 428 g/mol. The molecule has 5 aliphatic rings. The fraction of sp³-hybridized carbons (Fsp3) is 0.536. The van der Waals surface area contributed by atoms with Crippen LogP contribution in [0.15, 0.2) is 48.5 Å². The highest BCUT2D eigenvalue weighted by atomic mass is 16.5. The number of carbonyl (C=O) groups excluding carboxylic acids is 1. The van der Waals surface area contributed by atoms with E-state index in [9.17, 15) is 9.90 Å². The summed E-state index contributed by atoms with van der Waals surface area (Å²) in [6, 6.07) is 16.2. The first-order chi connectivity index (χ1) is 16.5. The number of nitrogens with zero attached hydrogens (tertiary/aromatic N) is 1. The summed E-state index contributed by atoms with van der Waals surface area (Å²) >= 11 is 0. The average Bonchev–Trinajstić information content (AvgIpc) is 2.99. The Morgan fingerprint density at radius 1 is 1.12 bits per heavy atom. The summed E-state index contributed by atoms with van der Waals surface area (Å²) < 4.78 is 12.1. The maximum absolute atomic E-state index is 13.3. The zero-order chi connectivity index (χ0) is 23.3. The molecule has 3 atom stereocenters. The lowest BCUT2D eigenvalue weighted by Crippen LogP contribution is -2.62. The molecule has 2 N–H and O–H groups in total. The van der Waals surface area contributed by atoms with Gasteiger partial charge < -0.3 is 19.9 Å². The number of hydrogen-bond acceptors (Lipinski definition) is 5. The first-order valence-corrected chi connectivity index (χ1v) is 12.6. The largest absolute Gasteiger partial charge is 0.496 e. The molecule has 4 aliphatic carbocycles. The molecule has 1 heterocycles. The predicted octanol–water partition coefficient (Wildman–Crippen LogP) is 3.69. The zero-order valence-electron chi connectivity index (χ0n) is 19.8. The van der Waals surface area contributed by atoms with Crippen molar-refractivity contribution in [3.63, 3.8) is 0 Å². The Morgan fingerprint density at radius 2 is 1.85 bits per heavy atom. The molecule has 4 saturated carbocycles. The fourth-order valence-electron chi connectivity index (χ4n) is 7.35. The van der Waals surface area contributed by atoms with Gasteiger partial charge in [-0.3, -0.25) is 9.69 Å². The van der Waals surface area contributed by atoms with Gasteiger partial charge in [0, 0.05) is 30.3 Å². The van der Waals surface area contributed by atoms with Gasteiger partial charge in [0.05, 0.1) is 19.3 Å². The Bertz CT molecular complexity index is 1060. The molecule has 4 bridgehead atoms. The number of ether oxygens (including phenoxy) is 2. The summed E-state index contributed by atoms with van der Waals surface area (Å²) in [7, 11) is 1.68. The minimum atomic E-state index is -0.481. The number of benzene rings is 2. The molecule has 0 aromatic heterocycles. The van der Waals surface area contributed by atoms with Crippen LogP contribution in [0.25, 0.3) is 0 Å². The smallest absolute Gasteiger partial charge is 0.234 e. The van der Waals surface area contributed by atoms with E-state index in [1.807, 2.05) is 42.5 Å². The molecule has 4 fully saturated rings. The van der Waals surface area contributed by atoms with E-state index in [-0.39, 0.29) is 18.1 Å². The second-order valence-corrected chi connectivity index (χ2v) is 10.9. The van der Waals surface area contributed by atoms with Gasteiger partial charge in [0.25, 0.3) is 0 Å². The maximum Gasteiger partial charge on any atom is 0.234 e. The third kappa shape index (κ3) is 4.07. The molecule has 180 valence electrons. The molecular formula is C28H34N2O4. The summed E-state index contributed by atoms with van der Waals surface area (Å²) in [5.74, 6) is 3.18. The third-order valence-corrected chi connectivity index (χ3v) is 8.48. The number of hydrogen-bond donors (Lipinski definition) is 2. The van der Waals surface area contributed by atoms with Crippen molar-refractivity contribution in [2.24, 2.45) is 17.8 Å². The fourth-order valence-corrected chi connectivity index (χ4v) is 7.35. The molecule has 6 nitrogen and oxygen atoms in total. The molecule has 34 heavy (non-hydrogen) atoms. The summed E-state index contributed by atoms with van der Waals surface area (Å²) in [6.07, 6.45) is 4.69. The predicted molar refractivity (Wildman–Crippen MR) is 129 cm³/mol. The van der Waals surface area contributed by atoms with Gasteiger partial charge in [-0.05, 0) is 62.0 Å². The lowest BCUT2D eigenvalue weighted by molar-refractivity contribution is -0.147. The van der Waals surface area contributed by atoms with Crippen molar-refractivity contribution in [3.8, 4) is 11.5 Å². The van der Waals surface area contributed by atoms with Gasteiger partial charge in [0.15, 0.2) is 0 Å². The van der Waals surface area contributed by atoms with Crippen molar-refractivity contribution in [1.82, 2.24) is 10.2 Å². The number of fused-ring (bicyclic) bond motifs is 1. The van der Waals surface area contributed by atoms with E-state index in [4.69, 9.17) is 9.47 Å². The van der Waals surface area contributed by atoms with Crippen molar-refractivity contribution >= 4 is 5.91 Å². The number of amides is 1. The van der Waals surface area contributed by atoms with E-state index >= 15 is 0 Å². The summed E-state index contributed by atoms with van der Waals surface area (Å²) in [6.45, 7) is 1.59. The van der Waals surface area contributed by atoms with Crippen LogP contribution in [0.4, 0.5) is 0 Å². The highest BCUT2D eigenvalue weighted by Gasteiger charge is 2.55. The van der Waals surface area contributed by atoms with E-state index in [0.717, 1.165) is 54.7 Å². The Labute approximate surface area is 201 Å². The van der Waals surface area contributed by atoms with Gasteiger partial charge in [-0.2, -0.15) is 0 Å². The summed E-state index contributed by atoms with van der Waals surface area (Å²) in [5.41, 5.74) is 1.59. The van der Waals surface area contributed by atoms with Crippen LogP contribution in [0.5, 0.6) is 11.5 Å². The van der Waals surface area contributed by atoms with Crippen molar-refractivity contribution in [2.75, 3.05) is 20.2 Å². The van der Waals surface area contributed by atoms with E-state index in [2.05, 4.69) is 16.3 Å². The lowest BCUT2D eigenvalue weighted by atomic mass is 9.52. The molecule has 2 aromatic rings. The number of rotatable bonds is 5. The van der Waals surface area contributed by atoms with Crippen LogP contribution in [0.2, 0.25) is 0 Å². The van der Waals surface area contributed by atoms with E-state index in [0.29, 0.717) is 37.4 Å². The quantitative estimate of drug-likeness (QED) is 0.709. The van der Waals surface area contributed by atoms with Crippen LogP contribution in [0.1, 0.15) is 49.3 Å². The molecule has 1 amide bonds. The SMILES string of the molecule is COc1ccccc1C1CN(CC(=O)NC2C3CC4CC2CC(O)(C4)C3)Cc2ccccc2O1. The van der Waals surface area contributed by atoms with Gasteiger partial charge in [0.2, 0.25) is 5.91 Å².